The molecule has 17 heteroatoms. The lowest BCUT2D eigenvalue weighted by Crippen LogP contribution is -2.32. The van der Waals surface area contributed by atoms with E-state index in [1.807, 2.05) is 0 Å². The largest absolute Gasteiger partial charge is 0.307 e. The van der Waals surface area contributed by atoms with Crippen molar-refractivity contribution in [2.24, 2.45) is 0 Å². The Morgan fingerprint density at radius 1 is 0.878 bits per heavy atom. The molecule has 0 saturated heterocycles. The first-order chi connectivity index (χ1) is 18.6. The van der Waals surface area contributed by atoms with Crippen molar-refractivity contribution in [1.29, 1.82) is 0 Å². The molecule has 2 fully saturated rings. The fraction of sp³-hybridized carbons (Fsp3) is 0.500. The Balaban J connectivity index is 0.000000241. The van der Waals surface area contributed by atoms with Gasteiger partial charge in [-0.2, -0.15) is 37.2 Å². The molecule has 0 aromatic carbocycles. The second-order valence-electron chi connectivity index (χ2n) is 9.22. The highest BCUT2D eigenvalue weighted by Crippen LogP contribution is 2.35. The summed E-state index contributed by atoms with van der Waals surface area (Å²) in [7, 11) is 0. The number of hydrogen-bond donors (Lipinski definition) is 1. The fourth-order valence-electron chi connectivity index (χ4n) is 4.24. The molecule has 6 rings (SSSR count). The van der Waals surface area contributed by atoms with Gasteiger partial charge in [0.15, 0.2) is 0 Å². The molecule has 4 aromatic heterocycles. The molecule has 41 heavy (non-hydrogen) atoms. The van der Waals surface area contributed by atoms with Crippen molar-refractivity contribution in [2.45, 2.75) is 69.8 Å². The van der Waals surface area contributed by atoms with Crippen LogP contribution in [0, 0.1) is 0 Å². The van der Waals surface area contributed by atoms with Crippen LogP contribution in [-0.4, -0.2) is 47.0 Å². The van der Waals surface area contributed by atoms with E-state index in [0.29, 0.717) is 22.3 Å². The minimum atomic E-state index is -2.59. The van der Waals surface area contributed by atoms with Crippen LogP contribution >= 0.6 is 66.1 Å². The molecule has 0 radical (unpaired) electrons. The number of hydrogen-bond acceptors (Lipinski definition) is 4. The van der Waals surface area contributed by atoms with E-state index in [1.165, 1.54) is 10.9 Å². The normalized spacial score (nSPS) is 14.9. The van der Waals surface area contributed by atoms with Gasteiger partial charge in [-0.3, -0.25) is 14.2 Å². The van der Waals surface area contributed by atoms with Gasteiger partial charge in [0, 0.05) is 24.2 Å². The second-order valence-corrected chi connectivity index (χ2v) is 10.7. The van der Waals surface area contributed by atoms with Gasteiger partial charge in [0.05, 0.1) is 21.9 Å². The van der Waals surface area contributed by atoms with Crippen molar-refractivity contribution < 1.29 is 17.6 Å². The first kappa shape index (κ1) is 35.5. The number of halogens is 7. The summed E-state index contributed by atoms with van der Waals surface area (Å²) in [5, 5.41) is 9.12. The van der Waals surface area contributed by atoms with Crippen LogP contribution in [0.1, 0.15) is 62.0 Å². The molecule has 2 aliphatic rings. The molecule has 4 aromatic rings. The number of aromatic nitrogens is 6. The maximum Gasteiger partial charge on any atom is 0.279 e. The third-order valence-corrected chi connectivity index (χ3v) is 7.74. The third-order valence-electron chi connectivity index (χ3n) is 6.64. The van der Waals surface area contributed by atoms with Gasteiger partial charge in [-0.05, 0) is 37.8 Å². The Hall–Kier alpha value is -1.68. The molecule has 228 valence electrons. The molecule has 0 spiro atoms. The van der Waals surface area contributed by atoms with E-state index in [1.54, 1.807) is 29.0 Å². The quantitative estimate of drug-likeness (QED) is 0.188. The van der Waals surface area contributed by atoms with Gasteiger partial charge in [-0.25, -0.2) is 26.6 Å². The fourth-order valence-corrected chi connectivity index (χ4v) is 4.69. The van der Waals surface area contributed by atoms with E-state index in [0.717, 1.165) is 42.5 Å². The van der Waals surface area contributed by atoms with Crippen LogP contribution in [-0.2, 0) is 6.54 Å². The Kier molecular flexibility index (Phi) is 13.6. The van der Waals surface area contributed by atoms with Gasteiger partial charge in [-0.1, -0.05) is 52.0 Å². The van der Waals surface area contributed by atoms with Gasteiger partial charge >= 0.3 is 0 Å². The molecular formula is C24H29BrCl2F4N6O2S2. The number of H-pyrrole nitrogens is 1. The third kappa shape index (κ3) is 8.24. The second kappa shape index (κ2) is 15.7. The molecule has 4 heterocycles. The molecule has 2 saturated carbocycles. The van der Waals surface area contributed by atoms with Crippen LogP contribution in [0.3, 0.4) is 0 Å². The van der Waals surface area contributed by atoms with Crippen LogP contribution in [0.4, 0.5) is 17.6 Å². The van der Waals surface area contributed by atoms with Crippen LogP contribution < -0.4 is 11.1 Å². The van der Waals surface area contributed by atoms with Gasteiger partial charge in [0.1, 0.15) is 22.7 Å². The summed E-state index contributed by atoms with van der Waals surface area (Å²) in [6.45, 7) is -0.629. The molecule has 1 N–H and O–H groups in total. The summed E-state index contributed by atoms with van der Waals surface area (Å²) >= 11 is 14.3. The van der Waals surface area contributed by atoms with Crippen molar-refractivity contribution in [2.75, 3.05) is 5.33 Å². The summed E-state index contributed by atoms with van der Waals surface area (Å²) in [6, 6.07) is 3.23. The zero-order valence-corrected chi connectivity index (χ0v) is 26.6. The lowest BCUT2D eigenvalue weighted by atomic mass is 9.84. The number of nitrogens with zero attached hydrogens (tertiary/aromatic N) is 5. The summed E-state index contributed by atoms with van der Waals surface area (Å²) in [5.41, 5.74) is -0.0563. The number of rotatable bonds is 5. The first-order valence-electron chi connectivity index (χ1n) is 12.3. The molecular weight excluding hydrogens is 695 g/mol. The predicted octanol–water partition coefficient (Wildman–Crippen LogP) is 6.50. The van der Waals surface area contributed by atoms with E-state index in [-0.39, 0.29) is 54.3 Å². The van der Waals surface area contributed by atoms with Crippen LogP contribution in [0.15, 0.2) is 34.1 Å². The van der Waals surface area contributed by atoms with Gasteiger partial charge in [0.25, 0.3) is 17.5 Å². The van der Waals surface area contributed by atoms with Crippen molar-refractivity contribution in [1.82, 2.24) is 28.8 Å². The summed E-state index contributed by atoms with van der Waals surface area (Å²) < 4.78 is 50.8. The van der Waals surface area contributed by atoms with E-state index >= 15 is 0 Å². The van der Waals surface area contributed by atoms with Crippen LogP contribution in [0.5, 0.6) is 0 Å². The summed E-state index contributed by atoms with van der Waals surface area (Å²) in [5.74, 6) is 1.74. The van der Waals surface area contributed by atoms with Crippen LogP contribution in [0.2, 0.25) is 10.0 Å². The Bertz CT molecular complexity index is 1560. The standard InChI is InChI=1S/C12H12ClF2N3O.C10H10ClN3O.C2H3BrF2.2H2S/c13-8-4-5-18-10(8)12(19)17(6-9(14)15)11(16-18)7-2-1-3-7;11-7-4-5-14-8(7)10(15)12-9(13-14)6-2-1-3-6;3-1-2(4)5;;/h4-5,7,9H,1-3,6H2;4-6H,1-3H2,(H,12,13,15);2H,1H2;2*1H2. The minimum absolute atomic E-state index is 0. The monoisotopic (exact) mass is 722 g/mol. The number of fused-ring (bicyclic) bond motifs is 2. The average Bonchev–Trinajstić information content (AvgIpc) is 3.37. The highest BCUT2D eigenvalue weighted by atomic mass is 79.9. The van der Waals surface area contributed by atoms with E-state index < -0.39 is 25.0 Å². The zero-order chi connectivity index (χ0) is 28.3. The molecule has 0 aliphatic heterocycles. The molecule has 2 aliphatic carbocycles. The highest BCUT2D eigenvalue weighted by molar-refractivity contribution is 9.09. The highest BCUT2D eigenvalue weighted by Gasteiger charge is 2.27. The van der Waals surface area contributed by atoms with Gasteiger partial charge < -0.3 is 4.98 Å². The number of alkyl halides is 5. The van der Waals surface area contributed by atoms with E-state index in [9.17, 15) is 27.2 Å². The Morgan fingerprint density at radius 2 is 1.39 bits per heavy atom. The Labute approximate surface area is 264 Å². The molecule has 0 bridgehead atoms. The number of aromatic amines is 1. The van der Waals surface area contributed by atoms with Crippen molar-refractivity contribution in [3.8, 4) is 0 Å². The first-order valence-corrected chi connectivity index (χ1v) is 14.1. The summed E-state index contributed by atoms with van der Waals surface area (Å²) in [6.07, 6.45) is 4.77. The van der Waals surface area contributed by atoms with Crippen molar-refractivity contribution in [3.63, 3.8) is 0 Å². The van der Waals surface area contributed by atoms with E-state index in [2.05, 4.69) is 31.1 Å². The number of nitrogens with one attached hydrogen (secondary N) is 1. The van der Waals surface area contributed by atoms with Gasteiger partial charge in [0.2, 0.25) is 6.43 Å². The Morgan fingerprint density at radius 3 is 1.85 bits per heavy atom. The summed E-state index contributed by atoms with van der Waals surface area (Å²) in [4.78, 5) is 26.8. The SMILES string of the molecule is FC(F)CBr.O=c1[nH]c(C2CCC2)nn2ccc(Cl)c12.O=c1c2c(Cl)ccn2nc(C2CCC2)n1CC(F)F.S.S. The van der Waals surface area contributed by atoms with Gasteiger partial charge in [-0.15, -0.1) is 0 Å². The zero-order valence-electron chi connectivity index (χ0n) is 21.5. The molecule has 0 atom stereocenters. The van der Waals surface area contributed by atoms with Crippen molar-refractivity contribution >= 4 is 77.2 Å². The maximum atomic E-state index is 12.7. The predicted molar refractivity (Wildman–Crippen MR) is 165 cm³/mol. The van der Waals surface area contributed by atoms with Crippen molar-refractivity contribution in [3.05, 3.63) is 66.9 Å². The molecule has 8 nitrogen and oxygen atoms in total. The smallest absolute Gasteiger partial charge is 0.279 e. The molecule has 0 amide bonds. The maximum absolute atomic E-state index is 12.7. The lowest BCUT2D eigenvalue weighted by molar-refractivity contribution is 0.121. The molecule has 0 unspecified atom stereocenters. The lowest BCUT2D eigenvalue weighted by Gasteiger charge is -2.27. The average molecular weight is 724 g/mol. The topological polar surface area (TPSA) is 89.5 Å². The van der Waals surface area contributed by atoms with E-state index in [4.69, 9.17) is 23.2 Å². The van der Waals surface area contributed by atoms with Crippen LogP contribution in [0.25, 0.3) is 11.0 Å². The minimum Gasteiger partial charge on any atom is -0.307 e.